The average Bonchev–Trinajstić information content (AvgIpc) is 2.04. The Morgan fingerprint density at radius 2 is 2.25 bits per heavy atom. The first kappa shape index (κ1) is 12.2. The van der Waals surface area contributed by atoms with E-state index in [2.05, 4.69) is 29.5 Å². The molecule has 0 aliphatic carbocycles. The van der Waals surface area contributed by atoms with Crippen LogP contribution in [0.5, 0.6) is 0 Å². The van der Waals surface area contributed by atoms with Gasteiger partial charge in [-0.25, -0.2) is 0 Å². The van der Waals surface area contributed by atoms with Crippen molar-refractivity contribution in [1.29, 1.82) is 5.26 Å². The van der Waals surface area contributed by atoms with Crippen LogP contribution in [0.25, 0.3) is 0 Å². The van der Waals surface area contributed by atoms with Crippen molar-refractivity contribution >= 4 is 22.6 Å². The van der Waals surface area contributed by atoms with Gasteiger partial charge in [0.05, 0.1) is 6.07 Å². The zero-order chi connectivity index (χ0) is 9.61. The lowest BCUT2D eigenvalue weighted by Gasteiger charge is -2.14. The van der Waals surface area contributed by atoms with Crippen molar-refractivity contribution in [2.75, 3.05) is 4.43 Å². The minimum Gasteiger partial charge on any atom is -0.376 e. The van der Waals surface area contributed by atoms with Crippen molar-refractivity contribution in [3.05, 3.63) is 0 Å². The molecule has 0 heterocycles. The third-order valence-electron chi connectivity index (χ3n) is 1.86. The van der Waals surface area contributed by atoms with Gasteiger partial charge in [0.25, 0.3) is 0 Å². The van der Waals surface area contributed by atoms with E-state index in [0.29, 0.717) is 12.3 Å². The fraction of sp³-hybridized carbons (Fsp3) is 0.889. The topological polar surface area (TPSA) is 44.0 Å². The van der Waals surface area contributed by atoms with E-state index in [4.69, 9.17) is 5.26 Å². The number of aliphatic hydroxyl groups is 1. The summed E-state index contributed by atoms with van der Waals surface area (Å²) in [5.41, 5.74) is -1.12. The highest BCUT2D eigenvalue weighted by Gasteiger charge is 2.18. The molecular weight excluding hydrogens is 265 g/mol. The molecular formula is C9H16INO. The fourth-order valence-corrected chi connectivity index (χ4v) is 1.37. The number of hydrogen-bond acceptors (Lipinski definition) is 2. The maximum atomic E-state index is 9.35. The lowest BCUT2D eigenvalue weighted by molar-refractivity contribution is 0.105. The number of alkyl halides is 1. The molecule has 2 nitrogen and oxygen atoms in total. The normalized spacial score (nSPS) is 17.9. The van der Waals surface area contributed by atoms with E-state index in [1.54, 1.807) is 6.92 Å². The van der Waals surface area contributed by atoms with Crippen molar-refractivity contribution in [3.63, 3.8) is 0 Å². The van der Waals surface area contributed by atoms with Gasteiger partial charge in [-0.3, -0.25) is 0 Å². The third-order valence-corrected chi connectivity index (χ3v) is 3.37. The van der Waals surface area contributed by atoms with Crippen LogP contribution in [0.4, 0.5) is 0 Å². The Balaban J connectivity index is 3.51. The summed E-state index contributed by atoms with van der Waals surface area (Å²) in [7, 11) is 0. The van der Waals surface area contributed by atoms with Gasteiger partial charge in [-0.1, -0.05) is 29.5 Å². The summed E-state index contributed by atoms with van der Waals surface area (Å²) in [6, 6.07) is 1.89. The van der Waals surface area contributed by atoms with E-state index < -0.39 is 5.60 Å². The first-order valence-corrected chi connectivity index (χ1v) is 5.74. The van der Waals surface area contributed by atoms with Gasteiger partial charge in [0.2, 0.25) is 0 Å². The standard InChI is InChI=1S/C9H16INO/c1-8(6-10)4-3-5-9(2,12)7-11/h8,12H,3-6H2,1-2H3. The van der Waals surface area contributed by atoms with Gasteiger partial charge < -0.3 is 5.11 Å². The second kappa shape index (κ2) is 5.76. The van der Waals surface area contributed by atoms with Gasteiger partial charge in [0.1, 0.15) is 5.60 Å². The SMILES string of the molecule is CC(CI)CCCC(C)(O)C#N. The van der Waals surface area contributed by atoms with Crippen molar-refractivity contribution in [3.8, 4) is 6.07 Å². The molecule has 0 aliphatic heterocycles. The van der Waals surface area contributed by atoms with Crippen LogP contribution in [-0.4, -0.2) is 15.1 Å². The molecule has 0 amide bonds. The average molecular weight is 281 g/mol. The van der Waals surface area contributed by atoms with E-state index in [-0.39, 0.29) is 0 Å². The van der Waals surface area contributed by atoms with E-state index in [9.17, 15) is 5.11 Å². The van der Waals surface area contributed by atoms with Crippen LogP contribution in [-0.2, 0) is 0 Å². The minimum atomic E-state index is -1.12. The minimum absolute atomic E-state index is 0.588. The van der Waals surface area contributed by atoms with Crippen molar-refractivity contribution in [2.24, 2.45) is 5.92 Å². The summed E-state index contributed by atoms with van der Waals surface area (Å²) in [4.78, 5) is 0. The van der Waals surface area contributed by atoms with Crippen molar-refractivity contribution in [2.45, 2.75) is 38.7 Å². The molecule has 1 N–H and O–H groups in total. The van der Waals surface area contributed by atoms with Crippen LogP contribution >= 0.6 is 22.6 Å². The van der Waals surface area contributed by atoms with E-state index >= 15 is 0 Å². The number of nitriles is 1. The molecule has 0 rings (SSSR count). The number of nitrogens with zero attached hydrogens (tertiary/aromatic N) is 1. The maximum Gasteiger partial charge on any atom is 0.148 e. The molecule has 0 saturated heterocycles. The molecule has 0 saturated carbocycles. The summed E-state index contributed by atoms with van der Waals surface area (Å²) in [5.74, 6) is 0.695. The highest BCUT2D eigenvalue weighted by molar-refractivity contribution is 14.1. The predicted molar refractivity (Wildman–Crippen MR) is 58.1 cm³/mol. The maximum absolute atomic E-state index is 9.35. The molecule has 0 bridgehead atoms. The van der Waals surface area contributed by atoms with Gasteiger partial charge in [0.15, 0.2) is 0 Å². The Morgan fingerprint density at radius 3 is 2.67 bits per heavy atom. The first-order valence-electron chi connectivity index (χ1n) is 4.21. The fourth-order valence-electron chi connectivity index (χ4n) is 0.928. The Labute approximate surface area is 88.1 Å². The van der Waals surface area contributed by atoms with Crippen molar-refractivity contribution < 1.29 is 5.11 Å². The number of halogens is 1. The van der Waals surface area contributed by atoms with Gasteiger partial charge in [-0.05, 0) is 32.1 Å². The quantitative estimate of drug-likeness (QED) is 0.478. The van der Waals surface area contributed by atoms with Gasteiger partial charge in [0, 0.05) is 4.43 Å². The summed E-state index contributed by atoms with van der Waals surface area (Å²) in [5, 5.41) is 17.9. The van der Waals surface area contributed by atoms with Gasteiger partial charge in [-0.15, -0.1) is 0 Å². The van der Waals surface area contributed by atoms with Gasteiger partial charge >= 0.3 is 0 Å². The molecule has 2 unspecified atom stereocenters. The second-order valence-electron chi connectivity index (χ2n) is 3.54. The molecule has 2 atom stereocenters. The van der Waals surface area contributed by atoms with E-state index in [0.717, 1.165) is 17.3 Å². The van der Waals surface area contributed by atoms with Crippen LogP contribution in [0, 0.1) is 17.2 Å². The van der Waals surface area contributed by atoms with Crippen LogP contribution < -0.4 is 0 Å². The zero-order valence-electron chi connectivity index (χ0n) is 7.68. The molecule has 0 aromatic heterocycles. The molecule has 0 aliphatic rings. The van der Waals surface area contributed by atoms with E-state index in [1.165, 1.54) is 0 Å². The van der Waals surface area contributed by atoms with E-state index in [1.807, 2.05) is 6.07 Å². The lowest BCUT2D eigenvalue weighted by Crippen LogP contribution is -2.21. The van der Waals surface area contributed by atoms with Crippen LogP contribution in [0.2, 0.25) is 0 Å². The summed E-state index contributed by atoms with van der Waals surface area (Å²) < 4.78 is 1.15. The summed E-state index contributed by atoms with van der Waals surface area (Å²) in [6.45, 7) is 3.76. The summed E-state index contributed by atoms with van der Waals surface area (Å²) in [6.07, 6.45) is 2.62. The Hall–Kier alpha value is 0.180. The van der Waals surface area contributed by atoms with Gasteiger partial charge in [-0.2, -0.15) is 5.26 Å². The van der Waals surface area contributed by atoms with Crippen LogP contribution in [0.1, 0.15) is 33.1 Å². The predicted octanol–water partition coefficient (Wildman–Crippen LogP) is 2.50. The molecule has 0 fully saturated rings. The molecule has 0 aromatic carbocycles. The molecule has 70 valence electrons. The summed E-state index contributed by atoms with van der Waals surface area (Å²) >= 11 is 2.36. The van der Waals surface area contributed by atoms with Crippen LogP contribution in [0.3, 0.4) is 0 Å². The molecule has 0 aromatic rings. The third kappa shape index (κ3) is 5.78. The lowest BCUT2D eigenvalue weighted by atomic mass is 9.97. The number of rotatable bonds is 5. The van der Waals surface area contributed by atoms with Crippen molar-refractivity contribution in [1.82, 2.24) is 0 Å². The largest absolute Gasteiger partial charge is 0.376 e. The van der Waals surface area contributed by atoms with Crippen LogP contribution in [0.15, 0.2) is 0 Å². The highest BCUT2D eigenvalue weighted by atomic mass is 127. The molecule has 3 heteroatoms. The Kier molecular flexibility index (Phi) is 5.85. The monoisotopic (exact) mass is 281 g/mol. The molecule has 0 spiro atoms. The Morgan fingerprint density at radius 1 is 1.67 bits per heavy atom. The molecule has 0 radical (unpaired) electrons. The first-order chi connectivity index (χ1) is 5.52. The molecule has 12 heavy (non-hydrogen) atoms. The smallest absolute Gasteiger partial charge is 0.148 e. The zero-order valence-corrected chi connectivity index (χ0v) is 9.84. The highest BCUT2D eigenvalue weighted by Crippen LogP contribution is 2.16. The Bertz CT molecular complexity index is 162. The second-order valence-corrected chi connectivity index (χ2v) is 4.42. The number of hydrogen-bond donors (Lipinski definition) is 1.